The van der Waals surface area contributed by atoms with Crippen LogP contribution >= 0.6 is 0 Å². The first-order valence-corrected chi connectivity index (χ1v) is 6.46. The summed E-state index contributed by atoms with van der Waals surface area (Å²) >= 11 is 0. The van der Waals surface area contributed by atoms with Crippen LogP contribution in [0.25, 0.3) is 0 Å². The van der Waals surface area contributed by atoms with Crippen molar-refractivity contribution in [2.24, 2.45) is 0 Å². The summed E-state index contributed by atoms with van der Waals surface area (Å²) in [5, 5.41) is 2.65. The maximum atomic E-state index is 13.2. The molecule has 1 amide bonds. The third-order valence-electron chi connectivity index (χ3n) is 2.73. The van der Waals surface area contributed by atoms with E-state index in [9.17, 15) is 9.18 Å². The van der Waals surface area contributed by atoms with Crippen LogP contribution in [0.15, 0.2) is 34.7 Å². The third-order valence-corrected chi connectivity index (χ3v) is 2.73. The average molecular weight is 277 g/mol. The second-order valence-corrected chi connectivity index (χ2v) is 4.15. The minimum Gasteiger partial charge on any atom is -0.492 e. The molecule has 0 spiro atoms. The standard InChI is InChI=1S/C15H16FNO3/c1-3-11-6-8-13(20-11)15(18)17-12-7-5-10(16)9-14(12)19-4-2/h5-9H,3-4H2,1-2H3,(H,17,18). The maximum absolute atomic E-state index is 13.2. The zero-order chi connectivity index (χ0) is 14.5. The fourth-order valence-corrected chi connectivity index (χ4v) is 1.75. The van der Waals surface area contributed by atoms with E-state index in [0.29, 0.717) is 24.5 Å². The predicted molar refractivity (Wildman–Crippen MR) is 73.6 cm³/mol. The highest BCUT2D eigenvalue weighted by Gasteiger charge is 2.14. The van der Waals surface area contributed by atoms with Gasteiger partial charge in [0.05, 0.1) is 12.3 Å². The number of nitrogens with one attached hydrogen (secondary N) is 1. The van der Waals surface area contributed by atoms with Gasteiger partial charge in [-0.05, 0) is 31.2 Å². The molecular formula is C15H16FNO3. The van der Waals surface area contributed by atoms with Gasteiger partial charge in [-0.2, -0.15) is 0 Å². The van der Waals surface area contributed by atoms with E-state index >= 15 is 0 Å². The van der Waals surface area contributed by atoms with Gasteiger partial charge >= 0.3 is 0 Å². The number of carbonyl (C=O) groups is 1. The molecule has 106 valence electrons. The number of hydrogen-bond donors (Lipinski definition) is 1. The number of anilines is 1. The largest absolute Gasteiger partial charge is 0.492 e. The monoisotopic (exact) mass is 277 g/mol. The molecule has 0 aliphatic carbocycles. The molecule has 1 aromatic heterocycles. The smallest absolute Gasteiger partial charge is 0.291 e. The normalized spacial score (nSPS) is 10.3. The fraction of sp³-hybridized carbons (Fsp3) is 0.267. The molecule has 1 heterocycles. The first-order chi connectivity index (χ1) is 9.63. The molecule has 4 nitrogen and oxygen atoms in total. The van der Waals surface area contributed by atoms with E-state index in [1.165, 1.54) is 18.2 Å². The van der Waals surface area contributed by atoms with Gasteiger partial charge in [0.25, 0.3) is 5.91 Å². The lowest BCUT2D eigenvalue weighted by Crippen LogP contribution is -2.12. The molecule has 0 radical (unpaired) electrons. The third kappa shape index (κ3) is 3.17. The van der Waals surface area contributed by atoms with Gasteiger partial charge in [0, 0.05) is 12.5 Å². The summed E-state index contributed by atoms with van der Waals surface area (Å²) in [7, 11) is 0. The SMILES string of the molecule is CCOc1cc(F)ccc1NC(=O)c1ccc(CC)o1. The van der Waals surface area contributed by atoms with Crippen LogP contribution in [0.4, 0.5) is 10.1 Å². The van der Waals surface area contributed by atoms with Crippen molar-refractivity contribution in [3.05, 3.63) is 47.7 Å². The van der Waals surface area contributed by atoms with Crippen molar-refractivity contribution in [3.8, 4) is 5.75 Å². The minimum atomic E-state index is -0.419. The Morgan fingerprint density at radius 2 is 2.10 bits per heavy atom. The van der Waals surface area contributed by atoms with E-state index in [1.54, 1.807) is 19.1 Å². The summed E-state index contributed by atoms with van der Waals surface area (Å²) in [5.41, 5.74) is 0.410. The summed E-state index contributed by atoms with van der Waals surface area (Å²) < 4.78 is 23.8. The van der Waals surface area contributed by atoms with E-state index in [1.807, 2.05) is 6.92 Å². The summed E-state index contributed by atoms with van der Waals surface area (Å²) in [6.07, 6.45) is 0.716. The minimum absolute atomic E-state index is 0.216. The van der Waals surface area contributed by atoms with Gasteiger partial charge in [0.2, 0.25) is 0 Å². The predicted octanol–water partition coefficient (Wildman–Crippen LogP) is 3.63. The number of hydrogen-bond acceptors (Lipinski definition) is 3. The molecular weight excluding hydrogens is 261 g/mol. The zero-order valence-corrected chi connectivity index (χ0v) is 11.4. The van der Waals surface area contributed by atoms with Crippen LogP contribution in [0.5, 0.6) is 5.75 Å². The molecule has 1 aromatic carbocycles. The van der Waals surface area contributed by atoms with Crippen LogP contribution < -0.4 is 10.1 Å². The summed E-state index contributed by atoms with van der Waals surface area (Å²) in [4.78, 5) is 12.0. The van der Waals surface area contributed by atoms with Gasteiger partial charge in [-0.1, -0.05) is 6.92 Å². The first kappa shape index (κ1) is 14.1. The number of carbonyl (C=O) groups excluding carboxylic acids is 1. The molecule has 1 N–H and O–H groups in total. The van der Waals surface area contributed by atoms with E-state index in [-0.39, 0.29) is 5.76 Å². The molecule has 0 unspecified atom stereocenters. The summed E-state index contributed by atoms with van der Waals surface area (Å²) in [5.74, 6) is 0.436. The second-order valence-electron chi connectivity index (χ2n) is 4.15. The molecule has 0 saturated carbocycles. The first-order valence-electron chi connectivity index (χ1n) is 6.46. The van der Waals surface area contributed by atoms with Crippen molar-refractivity contribution < 1.29 is 18.3 Å². The van der Waals surface area contributed by atoms with Crippen LogP contribution in [0.1, 0.15) is 30.2 Å². The van der Waals surface area contributed by atoms with E-state index in [0.717, 1.165) is 5.76 Å². The Labute approximate surface area is 116 Å². The zero-order valence-electron chi connectivity index (χ0n) is 11.4. The molecule has 0 atom stereocenters. The van der Waals surface area contributed by atoms with Gasteiger partial charge in [0.15, 0.2) is 5.76 Å². The van der Waals surface area contributed by atoms with Gasteiger partial charge in [0.1, 0.15) is 17.3 Å². The van der Waals surface area contributed by atoms with Crippen LogP contribution in [0, 0.1) is 5.82 Å². The van der Waals surface area contributed by atoms with Crippen LogP contribution in [0.2, 0.25) is 0 Å². The highest BCUT2D eigenvalue weighted by Crippen LogP contribution is 2.26. The number of benzene rings is 1. The maximum Gasteiger partial charge on any atom is 0.291 e. The highest BCUT2D eigenvalue weighted by molar-refractivity contribution is 6.03. The van der Waals surface area contributed by atoms with Gasteiger partial charge < -0.3 is 14.5 Å². The lowest BCUT2D eigenvalue weighted by Gasteiger charge is -2.10. The molecule has 0 fully saturated rings. The van der Waals surface area contributed by atoms with Crippen LogP contribution in [-0.4, -0.2) is 12.5 Å². The van der Waals surface area contributed by atoms with E-state index in [4.69, 9.17) is 9.15 Å². The number of aryl methyl sites for hydroxylation is 1. The molecule has 2 aromatic rings. The molecule has 0 saturated heterocycles. The molecule has 0 bridgehead atoms. The summed E-state index contributed by atoms with van der Waals surface area (Å²) in [6, 6.07) is 7.32. The number of furan rings is 1. The fourth-order valence-electron chi connectivity index (χ4n) is 1.75. The molecule has 2 rings (SSSR count). The Bertz CT molecular complexity index is 607. The Kier molecular flexibility index (Phi) is 4.40. The van der Waals surface area contributed by atoms with Crippen molar-refractivity contribution in [3.63, 3.8) is 0 Å². The van der Waals surface area contributed by atoms with Gasteiger partial charge in [-0.25, -0.2) is 4.39 Å². The Morgan fingerprint density at radius 1 is 1.30 bits per heavy atom. The number of ether oxygens (including phenoxy) is 1. The number of rotatable bonds is 5. The topological polar surface area (TPSA) is 51.5 Å². The Balaban J connectivity index is 2.18. The number of halogens is 1. The molecule has 0 aliphatic rings. The Morgan fingerprint density at radius 3 is 2.75 bits per heavy atom. The molecule has 0 aliphatic heterocycles. The van der Waals surface area contributed by atoms with Crippen molar-refractivity contribution >= 4 is 11.6 Å². The van der Waals surface area contributed by atoms with Crippen molar-refractivity contribution in [1.82, 2.24) is 0 Å². The van der Waals surface area contributed by atoms with E-state index < -0.39 is 11.7 Å². The molecule has 5 heteroatoms. The Hall–Kier alpha value is -2.30. The van der Waals surface area contributed by atoms with Crippen LogP contribution in [0.3, 0.4) is 0 Å². The highest BCUT2D eigenvalue weighted by atomic mass is 19.1. The summed E-state index contributed by atoms with van der Waals surface area (Å²) in [6.45, 7) is 4.11. The second kappa shape index (κ2) is 6.23. The van der Waals surface area contributed by atoms with Crippen molar-refractivity contribution in [2.45, 2.75) is 20.3 Å². The quantitative estimate of drug-likeness (QED) is 0.907. The lowest BCUT2D eigenvalue weighted by atomic mass is 10.2. The van der Waals surface area contributed by atoms with Crippen molar-refractivity contribution in [2.75, 3.05) is 11.9 Å². The van der Waals surface area contributed by atoms with Crippen molar-refractivity contribution in [1.29, 1.82) is 0 Å². The number of amides is 1. The van der Waals surface area contributed by atoms with Gasteiger partial charge in [-0.15, -0.1) is 0 Å². The van der Waals surface area contributed by atoms with Gasteiger partial charge in [-0.3, -0.25) is 4.79 Å². The molecule has 20 heavy (non-hydrogen) atoms. The van der Waals surface area contributed by atoms with Crippen LogP contribution in [-0.2, 0) is 6.42 Å². The average Bonchev–Trinajstić information content (AvgIpc) is 2.91. The van der Waals surface area contributed by atoms with E-state index in [2.05, 4.69) is 5.32 Å². The lowest BCUT2D eigenvalue weighted by molar-refractivity contribution is 0.0994.